The van der Waals surface area contributed by atoms with Gasteiger partial charge in [0, 0.05) is 0 Å². The Morgan fingerprint density at radius 2 is 1.40 bits per heavy atom. The Bertz CT molecular complexity index is 308. The fourth-order valence-electron chi connectivity index (χ4n) is 1.76. The van der Waals surface area contributed by atoms with Crippen LogP contribution in [0.15, 0.2) is 0 Å². The molecule has 1 unspecified atom stereocenters. The Labute approximate surface area is 119 Å². The van der Waals surface area contributed by atoms with Gasteiger partial charge in [-0.2, -0.15) is 0 Å². The molecule has 6 heteroatoms. The van der Waals surface area contributed by atoms with E-state index in [4.69, 9.17) is 9.47 Å². The number of methoxy groups -OCH3 is 1. The third-order valence-electron chi connectivity index (χ3n) is 2.88. The van der Waals surface area contributed by atoms with E-state index in [-0.39, 0.29) is 25.1 Å². The number of esters is 3. The van der Waals surface area contributed by atoms with E-state index < -0.39 is 17.9 Å². The van der Waals surface area contributed by atoms with Crippen LogP contribution in [0.5, 0.6) is 0 Å². The van der Waals surface area contributed by atoms with Crippen molar-refractivity contribution < 1.29 is 28.6 Å². The molecule has 0 fully saturated rings. The third-order valence-corrected chi connectivity index (χ3v) is 2.88. The second-order valence-corrected chi connectivity index (χ2v) is 4.41. The van der Waals surface area contributed by atoms with Crippen LogP contribution in [-0.4, -0.2) is 38.2 Å². The summed E-state index contributed by atoms with van der Waals surface area (Å²) in [5.41, 5.74) is 0. The molecule has 116 valence electrons. The van der Waals surface area contributed by atoms with Crippen LogP contribution in [0.2, 0.25) is 0 Å². The first-order valence-corrected chi connectivity index (χ1v) is 6.88. The van der Waals surface area contributed by atoms with Crippen molar-refractivity contribution in [2.45, 2.75) is 40.0 Å². The third kappa shape index (κ3) is 6.54. The Hall–Kier alpha value is -1.59. The van der Waals surface area contributed by atoms with Crippen molar-refractivity contribution in [3.8, 4) is 0 Å². The number of carbonyl (C=O) groups excluding carboxylic acids is 3. The second kappa shape index (κ2) is 10.2. The van der Waals surface area contributed by atoms with Gasteiger partial charge in [-0.1, -0.05) is 13.3 Å². The lowest BCUT2D eigenvalue weighted by Gasteiger charge is -2.15. The zero-order valence-corrected chi connectivity index (χ0v) is 12.6. The molecule has 0 bridgehead atoms. The monoisotopic (exact) mass is 288 g/mol. The Balaban J connectivity index is 4.39. The zero-order valence-electron chi connectivity index (χ0n) is 12.6. The van der Waals surface area contributed by atoms with E-state index >= 15 is 0 Å². The number of rotatable bonds is 9. The second-order valence-electron chi connectivity index (χ2n) is 4.41. The molecule has 0 aromatic heterocycles. The van der Waals surface area contributed by atoms with Gasteiger partial charge in [-0.25, -0.2) is 0 Å². The maximum absolute atomic E-state index is 11.7. The van der Waals surface area contributed by atoms with Crippen molar-refractivity contribution in [2.75, 3.05) is 20.3 Å². The lowest BCUT2D eigenvalue weighted by molar-refractivity contribution is -0.162. The fraction of sp³-hybridized carbons (Fsp3) is 0.786. The number of hydrogen-bond acceptors (Lipinski definition) is 6. The molecule has 20 heavy (non-hydrogen) atoms. The minimum Gasteiger partial charge on any atom is -0.469 e. The van der Waals surface area contributed by atoms with E-state index in [2.05, 4.69) is 4.74 Å². The van der Waals surface area contributed by atoms with Crippen LogP contribution in [0, 0.1) is 11.8 Å². The first kappa shape index (κ1) is 18.4. The molecule has 0 aliphatic carbocycles. The summed E-state index contributed by atoms with van der Waals surface area (Å²) in [6, 6.07) is 0. The van der Waals surface area contributed by atoms with Gasteiger partial charge in [0.05, 0.1) is 26.2 Å². The van der Waals surface area contributed by atoms with Gasteiger partial charge in [0.15, 0.2) is 5.92 Å². The van der Waals surface area contributed by atoms with E-state index in [9.17, 15) is 14.4 Å². The van der Waals surface area contributed by atoms with Gasteiger partial charge in [-0.05, 0) is 26.7 Å². The molecule has 0 radical (unpaired) electrons. The molecule has 0 heterocycles. The highest BCUT2D eigenvalue weighted by Crippen LogP contribution is 2.17. The van der Waals surface area contributed by atoms with Crippen LogP contribution in [0.3, 0.4) is 0 Å². The van der Waals surface area contributed by atoms with Gasteiger partial charge >= 0.3 is 17.9 Å². The standard InChI is InChI=1S/C14H24O6/c1-5-19-13(16)11(14(17)20-6-2)9-7-8-10(3)12(15)18-4/h10-11H,5-9H2,1-4H3. The summed E-state index contributed by atoms with van der Waals surface area (Å²) in [5.74, 6) is -2.62. The van der Waals surface area contributed by atoms with Crippen LogP contribution >= 0.6 is 0 Å². The topological polar surface area (TPSA) is 78.9 Å². The Kier molecular flexibility index (Phi) is 9.41. The maximum Gasteiger partial charge on any atom is 0.320 e. The molecule has 0 amide bonds. The number of ether oxygens (including phenoxy) is 3. The summed E-state index contributed by atoms with van der Waals surface area (Å²) >= 11 is 0. The largest absolute Gasteiger partial charge is 0.469 e. The molecule has 6 nitrogen and oxygen atoms in total. The zero-order chi connectivity index (χ0) is 15.5. The molecule has 0 aromatic carbocycles. The lowest BCUT2D eigenvalue weighted by Crippen LogP contribution is -2.28. The van der Waals surface area contributed by atoms with Crippen LogP contribution in [0.4, 0.5) is 0 Å². The molecule has 0 spiro atoms. The molecule has 0 aliphatic heterocycles. The van der Waals surface area contributed by atoms with E-state index in [1.165, 1.54) is 7.11 Å². The summed E-state index contributed by atoms with van der Waals surface area (Å²) in [4.78, 5) is 34.7. The van der Waals surface area contributed by atoms with Gasteiger partial charge in [-0.3, -0.25) is 14.4 Å². The quantitative estimate of drug-likeness (QED) is 0.365. The van der Waals surface area contributed by atoms with Crippen LogP contribution < -0.4 is 0 Å². The van der Waals surface area contributed by atoms with Gasteiger partial charge < -0.3 is 14.2 Å². The summed E-state index contributed by atoms with van der Waals surface area (Å²) in [5, 5.41) is 0. The van der Waals surface area contributed by atoms with Crippen molar-refractivity contribution in [1.29, 1.82) is 0 Å². The predicted octanol–water partition coefficient (Wildman–Crippen LogP) is 1.71. The summed E-state index contributed by atoms with van der Waals surface area (Å²) in [6.07, 6.45) is 1.39. The van der Waals surface area contributed by atoms with E-state index in [0.29, 0.717) is 19.3 Å². The first-order valence-electron chi connectivity index (χ1n) is 6.88. The summed E-state index contributed by atoms with van der Waals surface area (Å²) in [7, 11) is 1.33. The number of carbonyl (C=O) groups is 3. The number of hydrogen-bond donors (Lipinski definition) is 0. The van der Waals surface area contributed by atoms with Crippen molar-refractivity contribution >= 4 is 17.9 Å². The van der Waals surface area contributed by atoms with E-state index in [0.717, 1.165) is 0 Å². The highest BCUT2D eigenvalue weighted by Gasteiger charge is 2.29. The smallest absolute Gasteiger partial charge is 0.320 e. The van der Waals surface area contributed by atoms with Gasteiger partial charge in [-0.15, -0.1) is 0 Å². The van der Waals surface area contributed by atoms with Crippen molar-refractivity contribution in [1.82, 2.24) is 0 Å². The SMILES string of the molecule is CCOC(=O)C(CCCC(C)C(=O)OC)C(=O)OCC. The lowest BCUT2D eigenvalue weighted by atomic mass is 9.97. The van der Waals surface area contributed by atoms with Crippen LogP contribution in [0.25, 0.3) is 0 Å². The van der Waals surface area contributed by atoms with Gasteiger partial charge in [0.2, 0.25) is 0 Å². The molecular formula is C14H24O6. The van der Waals surface area contributed by atoms with Crippen LogP contribution in [0.1, 0.15) is 40.0 Å². The molecular weight excluding hydrogens is 264 g/mol. The summed E-state index contributed by atoms with van der Waals surface area (Å²) < 4.78 is 14.4. The highest BCUT2D eigenvalue weighted by atomic mass is 16.6. The van der Waals surface area contributed by atoms with E-state index in [1.54, 1.807) is 20.8 Å². The van der Waals surface area contributed by atoms with Crippen LogP contribution in [-0.2, 0) is 28.6 Å². The maximum atomic E-state index is 11.7. The minimum absolute atomic E-state index is 0.216. The summed E-state index contributed by atoms with van der Waals surface area (Å²) in [6.45, 7) is 5.54. The highest BCUT2D eigenvalue weighted by molar-refractivity contribution is 5.94. The Morgan fingerprint density at radius 1 is 0.900 bits per heavy atom. The molecule has 0 aliphatic rings. The molecule has 0 saturated heterocycles. The average molecular weight is 288 g/mol. The van der Waals surface area contributed by atoms with Crippen molar-refractivity contribution in [2.24, 2.45) is 11.8 Å². The van der Waals surface area contributed by atoms with Crippen molar-refractivity contribution in [3.05, 3.63) is 0 Å². The molecule has 0 saturated carbocycles. The molecule has 0 aromatic rings. The molecule has 0 rings (SSSR count). The normalized spacial score (nSPS) is 11.8. The van der Waals surface area contributed by atoms with Gasteiger partial charge in [0.1, 0.15) is 0 Å². The van der Waals surface area contributed by atoms with Crippen molar-refractivity contribution in [3.63, 3.8) is 0 Å². The van der Waals surface area contributed by atoms with E-state index in [1.807, 2.05) is 0 Å². The average Bonchev–Trinajstić information content (AvgIpc) is 2.42. The fourth-order valence-corrected chi connectivity index (χ4v) is 1.76. The predicted molar refractivity (Wildman–Crippen MR) is 71.8 cm³/mol. The first-order chi connectivity index (χ1) is 9.47. The van der Waals surface area contributed by atoms with Gasteiger partial charge in [0.25, 0.3) is 0 Å². The molecule has 0 N–H and O–H groups in total. The molecule has 1 atom stereocenters. The minimum atomic E-state index is -0.917. The Morgan fingerprint density at radius 3 is 1.80 bits per heavy atom.